The van der Waals surface area contributed by atoms with Crippen molar-refractivity contribution in [3.8, 4) is 6.01 Å². The molecule has 1 aliphatic heterocycles. The van der Waals surface area contributed by atoms with Crippen LogP contribution in [0.4, 0.5) is 5.82 Å². The molecule has 1 aliphatic rings. The van der Waals surface area contributed by atoms with Gasteiger partial charge in [0.25, 0.3) is 0 Å². The number of hydrogen-bond acceptors (Lipinski definition) is 7. The van der Waals surface area contributed by atoms with E-state index < -0.39 is 0 Å². The van der Waals surface area contributed by atoms with Crippen LogP contribution >= 0.6 is 0 Å². The van der Waals surface area contributed by atoms with Gasteiger partial charge in [0.2, 0.25) is 0 Å². The molecule has 3 rings (SSSR count). The first-order chi connectivity index (χ1) is 13.2. The maximum absolute atomic E-state index is 12.3. The molecule has 150 valence electrons. The molecule has 0 aliphatic carbocycles. The molecule has 0 radical (unpaired) electrons. The first-order valence-electron chi connectivity index (χ1n) is 9.90. The van der Waals surface area contributed by atoms with Gasteiger partial charge in [-0.15, -0.1) is 0 Å². The van der Waals surface area contributed by atoms with Crippen molar-refractivity contribution in [3.63, 3.8) is 0 Å². The van der Waals surface area contributed by atoms with Crippen LogP contribution in [0, 0.1) is 0 Å². The van der Waals surface area contributed by atoms with Gasteiger partial charge in [0.05, 0.1) is 12.7 Å². The Morgan fingerprint density at radius 1 is 1.37 bits per heavy atom. The zero-order valence-corrected chi connectivity index (χ0v) is 16.0. The zero-order valence-electron chi connectivity index (χ0n) is 16.0. The number of nitrogen functional groups attached to an aromatic ring is 1. The fraction of sp³-hybridized carbons (Fsp3) is 0.722. The van der Waals surface area contributed by atoms with Gasteiger partial charge in [-0.1, -0.05) is 13.3 Å². The molecule has 2 aromatic heterocycles. The average Bonchev–Trinajstić information content (AvgIpc) is 3.27. The summed E-state index contributed by atoms with van der Waals surface area (Å²) in [5, 5.41) is 3.41. The van der Waals surface area contributed by atoms with E-state index in [1.54, 1.807) is 4.57 Å². The van der Waals surface area contributed by atoms with E-state index in [9.17, 15) is 4.79 Å². The number of aromatic amines is 1. The van der Waals surface area contributed by atoms with Gasteiger partial charge in [0.1, 0.15) is 5.52 Å². The molecule has 1 atom stereocenters. The molecule has 0 saturated carbocycles. The minimum absolute atomic E-state index is 0.218. The van der Waals surface area contributed by atoms with Crippen LogP contribution in [0.15, 0.2) is 4.79 Å². The van der Waals surface area contributed by atoms with E-state index in [-0.39, 0.29) is 17.5 Å². The Hall–Kier alpha value is -2.13. The Bertz CT molecular complexity index is 781. The Labute approximate surface area is 158 Å². The maximum Gasteiger partial charge on any atom is 0.327 e. The van der Waals surface area contributed by atoms with Crippen LogP contribution in [-0.4, -0.2) is 51.9 Å². The number of hydrogen-bond donors (Lipinski definition) is 3. The second-order valence-electron chi connectivity index (χ2n) is 6.90. The highest BCUT2D eigenvalue weighted by Crippen LogP contribution is 2.18. The molecule has 1 fully saturated rings. The summed E-state index contributed by atoms with van der Waals surface area (Å²) in [6, 6.07) is 0.218. The van der Waals surface area contributed by atoms with Crippen molar-refractivity contribution in [2.75, 3.05) is 32.0 Å². The SMILES string of the molecule is CCCCOc1nc(N)c2[nH]c(=O)n(CCCNCCC3CCCO3)c2n1. The molecule has 9 nitrogen and oxygen atoms in total. The lowest BCUT2D eigenvalue weighted by Crippen LogP contribution is -2.24. The summed E-state index contributed by atoms with van der Waals surface area (Å²) >= 11 is 0. The largest absolute Gasteiger partial charge is 0.463 e. The summed E-state index contributed by atoms with van der Waals surface area (Å²) in [4.78, 5) is 23.5. The molecule has 3 heterocycles. The summed E-state index contributed by atoms with van der Waals surface area (Å²) < 4.78 is 12.8. The van der Waals surface area contributed by atoms with Gasteiger partial charge in [-0.3, -0.25) is 4.57 Å². The van der Waals surface area contributed by atoms with E-state index in [0.29, 0.717) is 30.4 Å². The number of aryl methyl sites for hydroxylation is 1. The van der Waals surface area contributed by atoms with Crippen molar-refractivity contribution < 1.29 is 9.47 Å². The van der Waals surface area contributed by atoms with Crippen molar-refractivity contribution in [1.29, 1.82) is 0 Å². The molecule has 0 aromatic carbocycles. The van der Waals surface area contributed by atoms with Gasteiger partial charge in [0.15, 0.2) is 11.5 Å². The smallest absolute Gasteiger partial charge is 0.327 e. The van der Waals surface area contributed by atoms with Crippen molar-refractivity contribution in [2.45, 2.75) is 58.1 Å². The third-order valence-corrected chi connectivity index (χ3v) is 4.76. The van der Waals surface area contributed by atoms with Gasteiger partial charge in [-0.05, 0) is 45.2 Å². The van der Waals surface area contributed by atoms with Gasteiger partial charge in [0, 0.05) is 13.2 Å². The lowest BCUT2D eigenvalue weighted by atomic mass is 10.2. The molecule has 0 spiro atoms. The van der Waals surface area contributed by atoms with Crippen LogP contribution in [0.1, 0.15) is 45.4 Å². The number of H-pyrrole nitrogens is 1. The minimum atomic E-state index is -0.226. The van der Waals surface area contributed by atoms with Crippen LogP contribution in [0.25, 0.3) is 11.2 Å². The molecular weight excluding hydrogens is 348 g/mol. The van der Waals surface area contributed by atoms with E-state index in [0.717, 1.165) is 51.8 Å². The van der Waals surface area contributed by atoms with E-state index >= 15 is 0 Å². The van der Waals surface area contributed by atoms with E-state index in [2.05, 4.69) is 27.2 Å². The Balaban J connectivity index is 1.54. The van der Waals surface area contributed by atoms with Crippen molar-refractivity contribution >= 4 is 17.0 Å². The monoisotopic (exact) mass is 378 g/mol. The number of imidazole rings is 1. The number of nitrogens with zero attached hydrogens (tertiary/aromatic N) is 3. The Morgan fingerprint density at radius 2 is 2.26 bits per heavy atom. The summed E-state index contributed by atoms with van der Waals surface area (Å²) in [6.45, 7) is 5.81. The summed E-state index contributed by atoms with van der Waals surface area (Å²) in [7, 11) is 0. The van der Waals surface area contributed by atoms with Crippen LogP contribution in [0.3, 0.4) is 0 Å². The number of nitrogens with two attached hydrogens (primary N) is 1. The standard InChI is InChI=1S/C18H30N6O3/c1-2-3-11-27-17-22-15(19)14-16(23-17)24(18(25)21-14)10-5-8-20-9-7-13-6-4-12-26-13/h13,20H,2-12H2,1H3,(H,21,25)(H2,19,22,23). The highest BCUT2D eigenvalue weighted by molar-refractivity contribution is 5.81. The number of fused-ring (bicyclic) bond motifs is 1. The number of unbranched alkanes of at least 4 members (excludes halogenated alkanes) is 1. The maximum atomic E-state index is 12.3. The molecule has 0 bridgehead atoms. The molecular formula is C18H30N6O3. The van der Waals surface area contributed by atoms with Crippen LogP contribution in [0.5, 0.6) is 6.01 Å². The van der Waals surface area contributed by atoms with Crippen molar-refractivity contribution in [2.24, 2.45) is 0 Å². The molecule has 4 N–H and O–H groups in total. The first kappa shape index (κ1) is 19.6. The van der Waals surface area contributed by atoms with Crippen LogP contribution in [0.2, 0.25) is 0 Å². The predicted octanol–water partition coefficient (Wildman–Crippen LogP) is 1.43. The molecule has 1 saturated heterocycles. The fourth-order valence-corrected chi connectivity index (χ4v) is 3.23. The number of nitrogens with one attached hydrogen (secondary N) is 2. The molecule has 0 amide bonds. The second-order valence-corrected chi connectivity index (χ2v) is 6.90. The normalized spacial score (nSPS) is 17.0. The number of anilines is 1. The molecule has 9 heteroatoms. The highest BCUT2D eigenvalue weighted by atomic mass is 16.5. The molecule has 2 aromatic rings. The van der Waals surface area contributed by atoms with Gasteiger partial charge >= 0.3 is 11.7 Å². The lowest BCUT2D eigenvalue weighted by Gasteiger charge is -2.10. The fourth-order valence-electron chi connectivity index (χ4n) is 3.23. The van der Waals surface area contributed by atoms with Gasteiger partial charge in [-0.25, -0.2) is 4.79 Å². The number of ether oxygens (including phenoxy) is 2. The second kappa shape index (κ2) is 9.70. The topological polar surface area (TPSA) is 120 Å². The quantitative estimate of drug-likeness (QED) is 0.506. The summed E-state index contributed by atoms with van der Waals surface area (Å²) in [5.41, 5.74) is 6.70. The Morgan fingerprint density at radius 3 is 3.04 bits per heavy atom. The molecule has 27 heavy (non-hydrogen) atoms. The van der Waals surface area contributed by atoms with Crippen molar-refractivity contribution in [3.05, 3.63) is 10.5 Å². The van der Waals surface area contributed by atoms with E-state index in [4.69, 9.17) is 15.2 Å². The third-order valence-electron chi connectivity index (χ3n) is 4.76. The lowest BCUT2D eigenvalue weighted by molar-refractivity contribution is 0.104. The highest BCUT2D eigenvalue weighted by Gasteiger charge is 2.15. The minimum Gasteiger partial charge on any atom is -0.463 e. The number of rotatable bonds is 11. The average molecular weight is 378 g/mol. The number of aromatic nitrogens is 4. The predicted molar refractivity (Wildman–Crippen MR) is 104 cm³/mol. The van der Waals surface area contributed by atoms with Gasteiger partial charge < -0.3 is 25.5 Å². The summed E-state index contributed by atoms with van der Waals surface area (Å²) in [5.74, 6) is 0.233. The molecule has 1 unspecified atom stereocenters. The zero-order chi connectivity index (χ0) is 19.1. The first-order valence-corrected chi connectivity index (χ1v) is 9.90. The van der Waals surface area contributed by atoms with Gasteiger partial charge in [-0.2, -0.15) is 9.97 Å². The third kappa shape index (κ3) is 5.20. The summed E-state index contributed by atoms with van der Waals surface area (Å²) in [6.07, 6.45) is 6.52. The van der Waals surface area contributed by atoms with E-state index in [1.807, 2.05) is 0 Å². The Kier molecular flexibility index (Phi) is 7.05. The van der Waals surface area contributed by atoms with Crippen LogP contribution in [-0.2, 0) is 11.3 Å². The van der Waals surface area contributed by atoms with E-state index in [1.165, 1.54) is 6.42 Å². The van der Waals surface area contributed by atoms with Crippen molar-refractivity contribution in [1.82, 2.24) is 24.8 Å². The van der Waals surface area contributed by atoms with Crippen LogP contribution < -0.4 is 21.5 Å².